The number of nitrogens with zero attached hydrogens (tertiary/aromatic N) is 5. The lowest BCUT2D eigenvalue weighted by atomic mass is 10.00. The van der Waals surface area contributed by atoms with Gasteiger partial charge in [-0.3, -0.25) is 4.90 Å². The van der Waals surface area contributed by atoms with Gasteiger partial charge in [-0.2, -0.15) is 0 Å². The summed E-state index contributed by atoms with van der Waals surface area (Å²) < 4.78 is 43.5. The standard InChI is InChI=1S/C31H33FN6O2S/c1-21(2)41(39,40)38-28-18-24(10-13-27(28)35-31(38)33)30-29(23-8-11-25(32)12-9-23)34-20-37(30)26-14-16-36(17-15-26)19-22-6-4-3-5-7-22/h3-13,18,20-21,26H,14-17,19H2,1-2H3,(H2,33,35). The summed E-state index contributed by atoms with van der Waals surface area (Å²) in [6.45, 7) is 6.04. The van der Waals surface area contributed by atoms with Crippen LogP contribution in [0.5, 0.6) is 0 Å². The third-order valence-electron chi connectivity index (χ3n) is 7.87. The second-order valence-corrected chi connectivity index (χ2v) is 13.2. The summed E-state index contributed by atoms with van der Waals surface area (Å²) in [6, 6.07) is 22.5. The average Bonchev–Trinajstić information content (AvgIpc) is 3.55. The minimum Gasteiger partial charge on any atom is -0.368 e. The van der Waals surface area contributed by atoms with Crippen LogP contribution in [0.1, 0.15) is 38.3 Å². The van der Waals surface area contributed by atoms with Crippen molar-refractivity contribution in [2.45, 2.75) is 44.5 Å². The first-order valence-corrected chi connectivity index (χ1v) is 15.3. The number of likely N-dealkylation sites (tertiary alicyclic amines) is 1. The molecule has 6 rings (SSSR count). The molecule has 0 unspecified atom stereocenters. The number of nitrogens with two attached hydrogens (primary N) is 1. The predicted molar refractivity (Wildman–Crippen MR) is 160 cm³/mol. The van der Waals surface area contributed by atoms with Crippen molar-refractivity contribution in [2.75, 3.05) is 18.8 Å². The molecule has 2 aromatic heterocycles. The van der Waals surface area contributed by atoms with Crippen LogP contribution in [0.15, 0.2) is 79.1 Å². The molecular formula is C31H33FN6O2S. The molecule has 0 radical (unpaired) electrons. The number of imidazole rings is 2. The molecule has 0 saturated carbocycles. The van der Waals surface area contributed by atoms with Crippen LogP contribution < -0.4 is 5.73 Å². The van der Waals surface area contributed by atoms with Gasteiger partial charge in [-0.1, -0.05) is 36.4 Å². The van der Waals surface area contributed by atoms with Crippen molar-refractivity contribution in [2.24, 2.45) is 0 Å². The zero-order valence-corrected chi connectivity index (χ0v) is 23.9. The molecule has 212 valence electrons. The Hall–Kier alpha value is -4.02. The molecule has 0 spiro atoms. The zero-order valence-electron chi connectivity index (χ0n) is 23.1. The molecule has 41 heavy (non-hydrogen) atoms. The Bertz CT molecular complexity index is 1790. The maximum Gasteiger partial charge on any atom is 0.244 e. The van der Waals surface area contributed by atoms with Crippen LogP contribution >= 0.6 is 0 Å². The number of hydrogen-bond acceptors (Lipinski definition) is 6. The Balaban J connectivity index is 1.41. The SMILES string of the molecule is CC(C)S(=O)(=O)n1c(N)nc2ccc(-c3c(-c4ccc(F)cc4)ncn3C3CCN(Cc4ccccc4)CC3)cc21. The molecule has 2 N–H and O–H groups in total. The van der Waals surface area contributed by atoms with E-state index in [4.69, 9.17) is 10.7 Å². The van der Waals surface area contributed by atoms with Gasteiger partial charge in [0.2, 0.25) is 16.0 Å². The highest BCUT2D eigenvalue weighted by Crippen LogP contribution is 2.38. The average molecular weight is 573 g/mol. The van der Waals surface area contributed by atoms with Crippen molar-refractivity contribution < 1.29 is 12.8 Å². The number of hydrogen-bond donors (Lipinski definition) is 1. The van der Waals surface area contributed by atoms with E-state index in [1.807, 2.05) is 24.5 Å². The Morgan fingerprint density at radius 3 is 2.34 bits per heavy atom. The van der Waals surface area contributed by atoms with Crippen LogP contribution in [0.25, 0.3) is 33.5 Å². The minimum atomic E-state index is -3.75. The molecule has 10 heteroatoms. The lowest BCUT2D eigenvalue weighted by molar-refractivity contribution is 0.180. The fourth-order valence-corrected chi connectivity index (χ4v) is 6.78. The lowest BCUT2D eigenvalue weighted by Gasteiger charge is -2.33. The van der Waals surface area contributed by atoms with Crippen LogP contribution in [-0.2, 0) is 16.6 Å². The second kappa shape index (κ2) is 10.8. The maximum absolute atomic E-state index is 13.8. The van der Waals surface area contributed by atoms with Gasteiger partial charge in [0.1, 0.15) is 5.82 Å². The van der Waals surface area contributed by atoms with Crippen LogP contribution in [0.4, 0.5) is 10.3 Å². The van der Waals surface area contributed by atoms with Gasteiger partial charge >= 0.3 is 0 Å². The zero-order chi connectivity index (χ0) is 28.7. The van der Waals surface area contributed by atoms with E-state index in [0.29, 0.717) is 16.7 Å². The summed E-state index contributed by atoms with van der Waals surface area (Å²) in [7, 11) is -3.75. The molecule has 0 atom stereocenters. The van der Waals surface area contributed by atoms with E-state index in [0.717, 1.165) is 53.3 Å². The van der Waals surface area contributed by atoms with Gasteiger partial charge in [-0.05, 0) is 68.7 Å². The van der Waals surface area contributed by atoms with E-state index in [-0.39, 0.29) is 17.8 Å². The first kappa shape index (κ1) is 27.2. The molecule has 3 aromatic carbocycles. The number of anilines is 1. The second-order valence-electron chi connectivity index (χ2n) is 10.9. The van der Waals surface area contributed by atoms with E-state index in [1.54, 1.807) is 32.0 Å². The third kappa shape index (κ3) is 5.13. The number of benzene rings is 3. The van der Waals surface area contributed by atoms with Gasteiger partial charge < -0.3 is 10.3 Å². The highest BCUT2D eigenvalue weighted by molar-refractivity contribution is 7.90. The Kier molecular flexibility index (Phi) is 7.13. The molecule has 8 nitrogen and oxygen atoms in total. The van der Waals surface area contributed by atoms with Gasteiger partial charge in [-0.25, -0.2) is 26.7 Å². The molecule has 1 fully saturated rings. The Morgan fingerprint density at radius 1 is 0.976 bits per heavy atom. The van der Waals surface area contributed by atoms with Gasteiger partial charge in [0, 0.05) is 36.8 Å². The van der Waals surface area contributed by atoms with Crippen LogP contribution in [0, 0.1) is 5.82 Å². The normalized spacial score (nSPS) is 15.2. The predicted octanol–water partition coefficient (Wildman–Crippen LogP) is 5.71. The largest absolute Gasteiger partial charge is 0.368 e. The van der Waals surface area contributed by atoms with Crippen molar-refractivity contribution >= 4 is 27.0 Å². The molecule has 1 aliphatic heterocycles. The van der Waals surface area contributed by atoms with Crippen LogP contribution in [-0.4, -0.2) is 50.2 Å². The van der Waals surface area contributed by atoms with Crippen LogP contribution in [0.2, 0.25) is 0 Å². The number of rotatable bonds is 7. The van der Waals surface area contributed by atoms with Crippen molar-refractivity contribution in [1.29, 1.82) is 0 Å². The van der Waals surface area contributed by atoms with Crippen molar-refractivity contribution in [3.8, 4) is 22.5 Å². The fourth-order valence-electron chi connectivity index (χ4n) is 5.64. The van der Waals surface area contributed by atoms with E-state index >= 15 is 0 Å². The van der Waals surface area contributed by atoms with E-state index < -0.39 is 15.3 Å². The summed E-state index contributed by atoms with van der Waals surface area (Å²) >= 11 is 0. The fraction of sp³-hybridized carbons (Fsp3) is 0.290. The minimum absolute atomic E-state index is 0.0658. The molecule has 0 aliphatic carbocycles. The molecular weight excluding hydrogens is 539 g/mol. The summed E-state index contributed by atoms with van der Waals surface area (Å²) in [4.78, 5) is 11.6. The molecule has 0 amide bonds. The third-order valence-corrected chi connectivity index (χ3v) is 9.96. The maximum atomic E-state index is 13.8. The molecule has 0 bridgehead atoms. The van der Waals surface area contributed by atoms with Crippen molar-refractivity contribution in [3.05, 3.63) is 90.5 Å². The number of nitrogen functional groups attached to an aromatic ring is 1. The monoisotopic (exact) mass is 572 g/mol. The van der Waals surface area contributed by atoms with Crippen molar-refractivity contribution in [1.82, 2.24) is 23.4 Å². The summed E-state index contributed by atoms with van der Waals surface area (Å²) in [5.41, 5.74) is 11.5. The van der Waals surface area contributed by atoms with Gasteiger partial charge in [0.15, 0.2) is 0 Å². The first-order valence-electron chi connectivity index (χ1n) is 13.8. The number of aromatic nitrogens is 4. The summed E-state index contributed by atoms with van der Waals surface area (Å²) in [6.07, 6.45) is 3.73. The molecule has 1 aliphatic rings. The van der Waals surface area contributed by atoms with Gasteiger partial charge in [0.25, 0.3) is 0 Å². The lowest BCUT2D eigenvalue weighted by Crippen LogP contribution is -2.34. The Morgan fingerprint density at radius 2 is 1.66 bits per heavy atom. The smallest absolute Gasteiger partial charge is 0.244 e. The Labute approximate surface area is 239 Å². The summed E-state index contributed by atoms with van der Waals surface area (Å²) in [5, 5.41) is -0.674. The number of piperidine rings is 1. The number of fused-ring (bicyclic) bond motifs is 1. The van der Waals surface area contributed by atoms with Crippen LogP contribution in [0.3, 0.4) is 0 Å². The molecule has 5 aromatic rings. The number of halogens is 1. The highest BCUT2D eigenvalue weighted by Gasteiger charge is 2.28. The highest BCUT2D eigenvalue weighted by atomic mass is 32.2. The first-order chi connectivity index (χ1) is 19.7. The quantitative estimate of drug-likeness (QED) is 0.268. The van der Waals surface area contributed by atoms with E-state index in [9.17, 15) is 12.8 Å². The van der Waals surface area contributed by atoms with Crippen molar-refractivity contribution in [3.63, 3.8) is 0 Å². The van der Waals surface area contributed by atoms with Gasteiger partial charge in [-0.15, -0.1) is 0 Å². The van der Waals surface area contributed by atoms with E-state index in [1.165, 1.54) is 17.7 Å². The summed E-state index contributed by atoms with van der Waals surface area (Å²) in [5.74, 6) is -0.385. The molecule has 1 saturated heterocycles. The topological polar surface area (TPSA) is 99.0 Å². The van der Waals surface area contributed by atoms with Gasteiger partial charge in [0.05, 0.1) is 34.0 Å². The van der Waals surface area contributed by atoms with E-state index in [2.05, 4.69) is 38.7 Å². The molecule has 3 heterocycles.